The molecule has 6 atom stereocenters. The van der Waals surface area contributed by atoms with Crippen molar-refractivity contribution in [1.29, 1.82) is 0 Å². The molecular weight excluding hydrogens is 849 g/mol. The van der Waals surface area contributed by atoms with Crippen LogP contribution in [-0.4, -0.2) is 125 Å². The molecule has 63 heavy (non-hydrogen) atoms. The second-order valence-corrected chi connectivity index (χ2v) is 21.8. The molecule has 2 aromatic heterocycles. The molecule has 4 aliphatic rings. The van der Waals surface area contributed by atoms with Crippen LogP contribution in [0.25, 0.3) is 22.3 Å². The molecule has 0 bridgehead atoms. The van der Waals surface area contributed by atoms with Crippen molar-refractivity contribution in [3.63, 3.8) is 0 Å². The highest BCUT2D eigenvalue weighted by molar-refractivity contribution is 7.89. The summed E-state index contributed by atoms with van der Waals surface area (Å²) >= 11 is 1.45. The minimum Gasteiger partial charge on any atom is -0.497 e. The van der Waals surface area contributed by atoms with E-state index in [9.17, 15) is 32.7 Å². The van der Waals surface area contributed by atoms with Crippen molar-refractivity contribution in [2.75, 3.05) is 37.8 Å². The van der Waals surface area contributed by atoms with Gasteiger partial charge in [-0.2, -0.15) is 4.31 Å². The van der Waals surface area contributed by atoms with E-state index in [1.54, 1.807) is 25.3 Å². The molecule has 4 fully saturated rings. The van der Waals surface area contributed by atoms with Gasteiger partial charge in [0.15, 0.2) is 5.13 Å². The number of thiazole rings is 1. The molecule has 4 amide bonds. The zero-order chi connectivity index (χ0) is 45.3. The lowest BCUT2D eigenvalue weighted by Crippen LogP contribution is -2.59. The minimum absolute atomic E-state index is 0.0217. The molecule has 5 heterocycles. The third kappa shape index (κ3) is 10.6. The number of carbonyl (C=O) groups is 4. The van der Waals surface area contributed by atoms with E-state index in [1.165, 1.54) is 20.5 Å². The van der Waals surface area contributed by atoms with Gasteiger partial charge in [-0.1, -0.05) is 52.9 Å². The molecule has 7 rings (SSSR count). The molecule has 1 aromatic carbocycles. The van der Waals surface area contributed by atoms with E-state index in [4.69, 9.17) is 19.4 Å². The summed E-state index contributed by atoms with van der Waals surface area (Å²) in [5.41, 5.74) is -0.176. The SMILES string of the molecule is COc1ccc2c(O[C@@H]3C[C@H]4C(=O)N[C@]5(C(=O)O)CC5CCCCCCC[C@H](NC(=O)N[C@H](CN5CCCS5(=O)=O)C(C)(C)C)C(=O)N4C3)cc(-c3csc(NC(C)C)n3)nc2c1. The third-order valence-electron chi connectivity index (χ3n) is 12.7. The summed E-state index contributed by atoms with van der Waals surface area (Å²) in [4.78, 5) is 67.1. The number of carboxylic acid groups (broad SMARTS) is 1. The van der Waals surface area contributed by atoms with Gasteiger partial charge in [-0.05, 0) is 63.0 Å². The Balaban J connectivity index is 1.19. The molecule has 3 aromatic rings. The molecular formula is C44H62N8O9S2. The summed E-state index contributed by atoms with van der Waals surface area (Å²) in [5.74, 6) is -1.28. The maximum Gasteiger partial charge on any atom is 0.329 e. The van der Waals surface area contributed by atoms with Crippen LogP contribution in [0.2, 0.25) is 0 Å². The summed E-state index contributed by atoms with van der Waals surface area (Å²) in [6, 6.07) is 4.06. The van der Waals surface area contributed by atoms with Crippen LogP contribution in [0.3, 0.4) is 0 Å². The Morgan fingerprint density at radius 2 is 1.79 bits per heavy atom. The number of benzene rings is 1. The first kappa shape index (κ1) is 46.2. The fourth-order valence-corrected chi connectivity index (χ4v) is 11.3. The lowest BCUT2D eigenvalue weighted by molar-refractivity contribution is -0.145. The topological polar surface area (TPSA) is 221 Å². The van der Waals surface area contributed by atoms with Crippen molar-refractivity contribution < 1.29 is 42.2 Å². The van der Waals surface area contributed by atoms with E-state index >= 15 is 0 Å². The van der Waals surface area contributed by atoms with Gasteiger partial charge < -0.3 is 40.7 Å². The summed E-state index contributed by atoms with van der Waals surface area (Å²) < 4.78 is 39.2. The Morgan fingerprint density at radius 3 is 2.48 bits per heavy atom. The van der Waals surface area contributed by atoms with E-state index in [0.29, 0.717) is 72.4 Å². The number of carbonyl (C=O) groups excluding carboxylic acids is 3. The first-order chi connectivity index (χ1) is 29.9. The van der Waals surface area contributed by atoms with Gasteiger partial charge in [-0.15, -0.1) is 11.3 Å². The Hall–Kier alpha value is -4.75. The smallest absolute Gasteiger partial charge is 0.329 e. The van der Waals surface area contributed by atoms with E-state index < -0.39 is 69.0 Å². The minimum atomic E-state index is -3.43. The van der Waals surface area contributed by atoms with Crippen molar-refractivity contribution in [2.24, 2.45) is 11.3 Å². The maximum absolute atomic E-state index is 14.9. The van der Waals surface area contributed by atoms with Crippen LogP contribution in [0.5, 0.6) is 11.5 Å². The predicted molar refractivity (Wildman–Crippen MR) is 240 cm³/mol. The van der Waals surface area contributed by atoms with Gasteiger partial charge in [0.1, 0.15) is 40.9 Å². The maximum atomic E-state index is 14.9. The van der Waals surface area contributed by atoms with E-state index in [0.717, 1.165) is 30.8 Å². The van der Waals surface area contributed by atoms with Gasteiger partial charge in [-0.25, -0.2) is 28.0 Å². The molecule has 5 N–H and O–H groups in total. The fraction of sp³-hybridized carbons (Fsp3) is 0.636. The summed E-state index contributed by atoms with van der Waals surface area (Å²) in [7, 11) is -1.86. The monoisotopic (exact) mass is 910 g/mol. The number of urea groups is 1. The van der Waals surface area contributed by atoms with Gasteiger partial charge in [0.25, 0.3) is 0 Å². The summed E-state index contributed by atoms with van der Waals surface area (Å²) in [6.45, 7) is 10.3. The molecule has 17 nitrogen and oxygen atoms in total. The highest BCUT2D eigenvalue weighted by Gasteiger charge is 2.62. The number of methoxy groups -OCH3 is 1. The van der Waals surface area contributed by atoms with Crippen LogP contribution in [0.4, 0.5) is 9.93 Å². The third-order valence-corrected chi connectivity index (χ3v) is 15.4. The number of rotatable bonds is 11. The number of amides is 4. The van der Waals surface area contributed by atoms with Crippen LogP contribution in [-0.2, 0) is 24.4 Å². The summed E-state index contributed by atoms with van der Waals surface area (Å²) in [5, 5.41) is 25.8. The van der Waals surface area contributed by atoms with E-state index in [2.05, 4.69) is 21.3 Å². The Morgan fingerprint density at radius 1 is 1.05 bits per heavy atom. The average Bonchev–Trinajstić information content (AvgIpc) is 3.49. The lowest BCUT2D eigenvalue weighted by Gasteiger charge is -2.35. The van der Waals surface area contributed by atoms with Crippen molar-refractivity contribution >= 4 is 61.2 Å². The van der Waals surface area contributed by atoms with Crippen molar-refractivity contribution in [2.45, 2.75) is 135 Å². The number of nitrogens with zero attached hydrogens (tertiary/aromatic N) is 4. The van der Waals surface area contributed by atoms with Crippen LogP contribution < -0.4 is 30.7 Å². The van der Waals surface area contributed by atoms with Gasteiger partial charge in [0.05, 0.1) is 30.6 Å². The number of pyridine rings is 1. The molecule has 0 spiro atoms. The Bertz CT molecular complexity index is 2300. The fourth-order valence-electron chi connectivity index (χ4n) is 8.96. The standard InChI is InChI=1S/C44H62N8O9S2/c1-26(2)45-42-48-34(25-62-42)33-21-36(30-16-15-28(60-6)19-32(30)46-33)61-29-20-35-38(53)50-44(40(55)56)22-27(44)13-10-8-7-9-11-14-31(39(54)52(35)23-29)47-41(57)49-37(43(3,4)5)24-51-17-12-18-63(51,58)59/h15-16,19,21,25-27,29,31,35,37H,7-14,17-18,20,22-24H2,1-6H3,(H,45,48)(H,50,53)(H,55,56)(H2,47,49,57)/t27?,29-,31+,35+,37-,44-/m1/s1. The normalized spacial score (nSPS) is 26.2. The van der Waals surface area contributed by atoms with Gasteiger partial charge in [0.2, 0.25) is 21.8 Å². The number of hydrogen-bond acceptors (Lipinski definition) is 12. The number of aromatic nitrogens is 2. The molecule has 1 aliphatic carbocycles. The molecule has 19 heteroatoms. The van der Waals surface area contributed by atoms with Crippen LogP contribution in [0.1, 0.15) is 98.8 Å². The number of aliphatic carboxylic acids is 1. The number of fused-ring (bicyclic) bond motifs is 3. The van der Waals surface area contributed by atoms with Gasteiger partial charge >= 0.3 is 12.0 Å². The predicted octanol–water partition coefficient (Wildman–Crippen LogP) is 5.36. The van der Waals surface area contributed by atoms with Crippen LogP contribution in [0.15, 0.2) is 29.6 Å². The number of ether oxygens (including phenoxy) is 2. The van der Waals surface area contributed by atoms with Crippen molar-refractivity contribution in [3.8, 4) is 22.9 Å². The molecule has 1 saturated carbocycles. The second kappa shape index (κ2) is 18.8. The van der Waals surface area contributed by atoms with Crippen molar-refractivity contribution in [3.05, 3.63) is 29.6 Å². The van der Waals surface area contributed by atoms with E-state index in [-0.39, 0.29) is 37.2 Å². The highest BCUT2D eigenvalue weighted by atomic mass is 32.2. The zero-order valence-electron chi connectivity index (χ0n) is 37.1. The molecule has 3 aliphatic heterocycles. The molecule has 0 radical (unpaired) electrons. The second-order valence-electron chi connectivity index (χ2n) is 18.8. The van der Waals surface area contributed by atoms with Crippen LogP contribution in [0, 0.1) is 11.3 Å². The Kier molecular flexibility index (Phi) is 13.8. The first-order valence-electron chi connectivity index (χ1n) is 22.2. The van der Waals surface area contributed by atoms with E-state index in [1.807, 2.05) is 46.1 Å². The zero-order valence-corrected chi connectivity index (χ0v) is 38.7. The number of sulfonamides is 1. The molecule has 344 valence electrons. The number of nitrogens with one attached hydrogen (secondary N) is 4. The van der Waals surface area contributed by atoms with Crippen molar-refractivity contribution in [1.82, 2.24) is 35.1 Å². The van der Waals surface area contributed by atoms with Gasteiger partial charge in [0, 0.05) is 54.5 Å². The highest BCUT2D eigenvalue weighted by Crippen LogP contribution is 2.48. The molecule has 1 unspecified atom stereocenters. The van der Waals surface area contributed by atoms with Gasteiger partial charge in [-0.3, -0.25) is 9.59 Å². The average molecular weight is 911 g/mol. The first-order valence-corrected chi connectivity index (χ1v) is 24.6. The lowest BCUT2D eigenvalue weighted by atomic mass is 9.86. The largest absolute Gasteiger partial charge is 0.497 e. The quantitative estimate of drug-likeness (QED) is 0.164. The Labute approximate surface area is 373 Å². The number of anilines is 1. The summed E-state index contributed by atoms with van der Waals surface area (Å²) in [6.07, 6.45) is 5.12. The van der Waals surface area contributed by atoms with Crippen LogP contribution >= 0.6 is 11.3 Å². The molecule has 3 saturated heterocycles. The number of hydrogen-bond donors (Lipinski definition) is 5. The number of carboxylic acids is 1.